The number of amides is 1. The van der Waals surface area contributed by atoms with Crippen LogP contribution >= 0.6 is 0 Å². The van der Waals surface area contributed by atoms with Crippen molar-refractivity contribution in [2.24, 2.45) is 0 Å². The molecule has 1 amide bonds. The van der Waals surface area contributed by atoms with E-state index in [0.717, 1.165) is 6.92 Å². The Bertz CT molecular complexity index is 872. The molecule has 0 spiro atoms. The Morgan fingerprint density at radius 1 is 0.885 bits per heavy atom. The molecule has 0 aliphatic rings. The SMILES string of the molecule is CC(=O)Oc1cccc(C(=O)Nc2ccc(C(=O)O)cc2)c1OC(C)=O. The Morgan fingerprint density at radius 2 is 1.50 bits per heavy atom. The summed E-state index contributed by atoms with van der Waals surface area (Å²) in [7, 11) is 0. The van der Waals surface area contributed by atoms with Crippen molar-refractivity contribution in [1.29, 1.82) is 0 Å². The minimum Gasteiger partial charge on any atom is -0.478 e. The fourth-order valence-electron chi connectivity index (χ4n) is 2.07. The second-order valence-corrected chi connectivity index (χ2v) is 5.16. The first kappa shape index (κ1) is 18.7. The lowest BCUT2D eigenvalue weighted by molar-refractivity contribution is -0.134. The third kappa shape index (κ3) is 4.67. The number of ether oxygens (including phenoxy) is 2. The fourth-order valence-corrected chi connectivity index (χ4v) is 2.07. The molecule has 8 heteroatoms. The van der Waals surface area contributed by atoms with Crippen LogP contribution in [0.15, 0.2) is 42.5 Å². The third-order valence-electron chi connectivity index (χ3n) is 3.11. The Morgan fingerprint density at radius 3 is 2.04 bits per heavy atom. The number of anilines is 1. The topological polar surface area (TPSA) is 119 Å². The van der Waals surface area contributed by atoms with Gasteiger partial charge in [-0.25, -0.2) is 4.79 Å². The van der Waals surface area contributed by atoms with Crippen LogP contribution in [0.2, 0.25) is 0 Å². The van der Waals surface area contributed by atoms with Crippen molar-refractivity contribution in [2.75, 3.05) is 5.32 Å². The molecule has 0 aliphatic carbocycles. The lowest BCUT2D eigenvalue weighted by Gasteiger charge is -2.13. The summed E-state index contributed by atoms with van der Waals surface area (Å²) >= 11 is 0. The molecule has 2 N–H and O–H groups in total. The quantitative estimate of drug-likeness (QED) is 0.623. The molecule has 0 bridgehead atoms. The first-order valence-corrected chi connectivity index (χ1v) is 7.42. The van der Waals surface area contributed by atoms with E-state index in [-0.39, 0.29) is 22.6 Å². The van der Waals surface area contributed by atoms with Crippen molar-refractivity contribution in [2.45, 2.75) is 13.8 Å². The molecule has 0 heterocycles. The number of rotatable bonds is 5. The highest BCUT2D eigenvalue weighted by Gasteiger charge is 2.20. The summed E-state index contributed by atoms with van der Waals surface area (Å²) in [6, 6.07) is 9.75. The minimum atomic E-state index is -1.09. The second-order valence-electron chi connectivity index (χ2n) is 5.16. The number of hydrogen-bond acceptors (Lipinski definition) is 6. The lowest BCUT2D eigenvalue weighted by atomic mass is 10.1. The zero-order chi connectivity index (χ0) is 19.3. The molecule has 0 radical (unpaired) electrons. The maximum absolute atomic E-state index is 12.5. The second kappa shape index (κ2) is 7.93. The van der Waals surface area contributed by atoms with Crippen molar-refractivity contribution < 1.29 is 33.8 Å². The van der Waals surface area contributed by atoms with Crippen molar-refractivity contribution >= 4 is 29.5 Å². The average molecular weight is 357 g/mol. The number of carboxylic acids is 1. The Labute approximate surface area is 148 Å². The van der Waals surface area contributed by atoms with E-state index in [2.05, 4.69) is 5.32 Å². The Kier molecular flexibility index (Phi) is 5.69. The number of nitrogens with one attached hydrogen (secondary N) is 1. The summed E-state index contributed by atoms with van der Waals surface area (Å²) in [5, 5.41) is 11.4. The van der Waals surface area contributed by atoms with Gasteiger partial charge in [0.05, 0.1) is 11.1 Å². The Hall–Kier alpha value is -3.68. The van der Waals surface area contributed by atoms with Gasteiger partial charge in [-0.3, -0.25) is 14.4 Å². The minimum absolute atomic E-state index is 0.0266. The molecule has 0 saturated heterocycles. The number of hydrogen-bond donors (Lipinski definition) is 2. The number of carbonyl (C=O) groups excluding carboxylic acids is 3. The number of esters is 2. The van der Waals surface area contributed by atoms with E-state index in [9.17, 15) is 19.2 Å². The van der Waals surface area contributed by atoms with Crippen molar-refractivity contribution in [1.82, 2.24) is 0 Å². The predicted molar refractivity (Wildman–Crippen MR) is 90.4 cm³/mol. The van der Waals surface area contributed by atoms with Gasteiger partial charge in [0, 0.05) is 19.5 Å². The van der Waals surface area contributed by atoms with E-state index in [0.29, 0.717) is 5.69 Å². The molecular weight excluding hydrogens is 342 g/mol. The highest BCUT2D eigenvalue weighted by Crippen LogP contribution is 2.32. The number of para-hydroxylation sites is 1. The zero-order valence-electron chi connectivity index (χ0n) is 13.9. The molecule has 8 nitrogen and oxygen atoms in total. The number of benzene rings is 2. The van der Waals surface area contributed by atoms with Crippen LogP contribution in [0.1, 0.15) is 34.6 Å². The maximum atomic E-state index is 12.5. The molecule has 2 aromatic carbocycles. The highest BCUT2D eigenvalue weighted by molar-refractivity contribution is 6.07. The third-order valence-corrected chi connectivity index (χ3v) is 3.11. The number of carbonyl (C=O) groups is 4. The fraction of sp³-hybridized carbons (Fsp3) is 0.111. The number of carboxylic acid groups (broad SMARTS) is 1. The smallest absolute Gasteiger partial charge is 0.335 e. The van der Waals surface area contributed by atoms with Crippen LogP contribution in [0.5, 0.6) is 11.5 Å². The van der Waals surface area contributed by atoms with Crippen LogP contribution < -0.4 is 14.8 Å². The molecule has 2 rings (SSSR count). The van der Waals surface area contributed by atoms with Crippen LogP contribution in [0.3, 0.4) is 0 Å². The van der Waals surface area contributed by atoms with Gasteiger partial charge in [0.15, 0.2) is 11.5 Å². The molecule has 0 saturated carbocycles. The molecule has 0 aromatic heterocycles. The average Bonchev–Trinajstić information content (AvgIpc) is 2.56. The molecule has 0 aliphatic heterocycles. The van der Waals surface area contributed by atoms with Gasteiger partial charge in [0.1, 0.15) is 0 Å². The van der Waals surface area contributed by atoms with Crippen LogP contribution in [0, 0.1) is 0 Å². The van der Waals surface area contributed by atoms with Crippen molar-refractivity contribution in [3.8, 4) is 11.5 Å². The molecule has 134 valence electrons. The molecule has 26 heavy (non-hydrogen) atoms. The van der Waals surface area contributed by atoms with Gasteiger partial charge in [-0.1, -0.05) is 6.07 Å². The predicted octanol–water partition coefficient (Wildman–Crippen LogP) is 2.49. The molecular formula is C18H15NO7. The first-order valence-electron chi connectivity index (χ1n) is 7.42. The molecule has 0 atom stereocenters. The zero-order valence-corrected chi connectivity index (χ0v) is 13.9. The van der Waals surface area contributed by atoms with Crippen molar-refractivity contribution in [3.63, 3.8) is 0 Å². The van der Waals surface area contributed by atoms with Gasteiger partial charge < -0.3 is 19.9 Å². The van der Waals surface area contributed by atoms with E-state index in [1.165, 1.54) is 49.4 Å². The maximum Gasteiger partial charge on any atom is 0.335 e. The first-order chi connectivity index (χ1) is 12.3. The largest absolute Gasteiger partial charge is 0.478 e. The van der Waals surface area contributed by atoms with E-state index in [4.69, 9.17) is 14.6 Å². The number of aromatic carboxylic acids is 1. The molecule has 2 aromatic rings. The van der Waals surface area contributed by atoms with Gasteiger partial charge in [0.2, 0.25) is 0 Å². The summed E-state index contributed by atoms with van der Waals surface area (Å²) < 4.78 is 10.0. The van der Waals surface area contributed by atoms with E-state index in [1.54, 1.807) is 0 Å². The summed E-state index contributed by atoms with van der Waals surface area (Å²) in [4.78, 5) is 45.9. The molecule has 0 fully saturated rings. The van der Waals surface area contributed by atoms with Gasteiger partial charge in [0.25, 0.3) is 5.91 Å². The summed E-state index contributed by atoms with van der Waals surface area (Å²) in [5.41, 5.74) is 0.383. The van der Waals surface area contributed by atoms with Crippen molar-refractivity contribution in [3.05, 3.63) is 53.6 Å². The van der Waals surface area contributed by atoms with Crippen LogP contribution in [0.25, 0.3) is 0 Å². The van der Waals surface area contributed by atoms with Gasteiger partial charge in [-0.2, -0.15) is 0 Å². The van der Waals surface area contributed by atoms with Crippen LogP contribution in [-0.4, -0.2) is 28.9 Å². The monoisotopic (exact) mass is 357 g/mol. The van der Waals surface area contributed by atoms with E-state index in [1.807, 2.05) is 0 Å². The van der Waals surface area contributed by atoms with Gasteiger partial charge in [-0.15, -0.1) is 0 Å². The van der Waals surface area contributed by atoms with Crippen LogP contribution in [-0.2, 0) is 9.59 Å². The summed E-state index contributed by atoms with van der Waals surface area (Å²) in [5.74, 6) is -3.30. The highest BCUT2D eigenvalue weighted by atomic mass is 16.6. The Balaban J connectivity index is 2.33. The summed E-state index contributed by atoms with van der Waals surface area (Å²) in [6.07, 6.45) is 0. The normalized spacial score (nSPS) is 9.92. The van der Waals surface area contributed by atoms with E-state index >= 15 is 0 Å². The van der Waals surface area contributed by atoms with E-state index < -0.39 is 23.8 Å². The lowest BCUT2D eigenvalue weighted by Crippen LogP contribution is -2.16. The van der Waals surface area contributed by atoms with Gasteiger partial charge >= 0.3 is 17.9 Å². The van der Waals surface area contributed by atoms with Crippen LogP contribution in [0.4, 0.5) is 5.69 Å². The van der Waals surface area contributed by atoms with Gasteiger partial charge in [-0.05, 0) is 36.4 Å². The summed E-state index contributed by atoms with van der Waals surface area (Å²) in [6.45, 7) is 2.32. The molecule has 0 unspecified atom stereocenters. The standard InChI is InChI=1S/C18H15NO7/c1-10(20)25-15-5-3-4-14(16(15)26-11(2)21)17(22)19-13-8-6-12(7-9-13)18(23)24/h3-9H,1-2H3,(H,19,22)(H,23,24).